The lowest BCUT2D eigenvalue weighted by molar-refractivity contribution is -0.116. The maximum absolute atomic E-state index is 13.4. The fourth-order valence-electron chi connectivity index (χ4n) is 2.75. The summed E-state index contributed by atoms with van der Waals surface area (Å²) in [6.07, 6.45) is 1.38. The monoisotopic (exact) mass is 341 g/mol. The van der Waals surface area contributed by atoms with E-state index in [2.05, 4.69) is 20.3 Å². The van der Waals surface area contributed by atoms with Gasteiger partial charge in [0.25, 0.3) is 0 Å². The first-order chi connectivity index (χ1) is 12.0. The Morgan fingerprint density at radius 1 is 1.20 bits per heavy atom. The van der Waals surface area contributed by atoms with Gasteiger partial charge in [-0.15, -0.1) is 0 Å². The number of aromatic nitrogens is 4. The number of anilines is 1. The Morgan fingerprint density at radius 3 is 2.84 bits per heavy atom. The van der Waals surface area contributed by atoms with Gasteiger partial charge in [-0.05, 0) is 25.1 Å². The summed E-state index contributed by atoms with van der Waals surface area (Å²) >= 11 is 0. The Hall–Kier alpha value is -3.29. The minimum Gasteiger partial charge on any atom is -0.342 e. The molecule has 0 aliphatic rings. The molecule has 2 N–H and O–H groups in total. The van der Waals surface area contributed by atoms with E-state index in [-0.39, 0.29) is 12.5 Å². The summed E-state index contributed by atoms with van der Waals surface area (Å²) in [4.78, 5) is 23.6. The first-order valence-electron chi connectivity index (χ1n) is 7.56. The molecule has 2 heterocycles. The highest BCUT2D eigenvalue weighted by atomic mass is 19.2. The molecule has 2 aromatic heterocycles. The maximum atomic E-state index is 13.4. The van der Waals surface area contributed by atoms with Crippen molar-refractivity contribution in [1.29, 1.82) is 0 Å². The lowest BCUT2D eigenvalue weighted by Crippen LogP contribution is -2.18. The van der Waals surface area contributed by atoms with Gasteiger partial charge < -0.3 is 14.9 Å². The molecular formula is C17H13F2N5O. The van der Waals surface area contributed by atoms with Crippen LogP contribution in [0.2, 0.25) is 0 Å². The molecule has 25 heavy (non-hydrogen) atoms. The molecule has 0 saturated heterocycles. The smallest absolute Gasteiger partial charge is 0.244 e. The zero-order chi connectivity index (χ0) is 17.6. The van der Waals surface area contributed by atoms with Crippen LogP contribution in [0.5, 0.6) is 0 Å². The van der Waals surface area contributed by atoms with Gasteiger partial charge in [0.15, 0.2) is 11.6 Å². The number of amides is 1. The molecule has 0 bridgehead atoms. The second-order valence-electron chi connectivity index (χ2n) is 5.73. The van der Waals surface area contributed by atoms with Crippen molar-refractivity contribution >= 4 is 33.7 Å². The van der Waals surface area contributed by atoms with Crippen molar-refractivity contribution in [1.82, 2.24) is 19.5 Å². The molecule has 0 fully saturated rings. The summed E-state index contributed by atoms with van der Waals surface area (Å²) in [7, 11) is 0. The number of hydrogen-bond acceptors (Lipinski definition) is 3. The number of fused-ring (bicyclic) bond motifs is 2. The van der Waals surface area contributed by atoms with E-state index >= 15 is 0 Å². The third kappa shape index (κ3) is 2.82. The summed E-state index contributed by atoms with van der Waals surface area (Å²) in [6, 6.07) is 7.38. The van der Waals surface area contributed by atoms with E-state index in [0.29, 0.717) is 16.7 Å². The van der Waals surface area contributed by atoms with Crippen molar-refractivity contribution in [3.8, 4) is 0 Å². The number of nitrogens with one attached hydrogen (secondary N) is 2. The highest BCUT2D eigenvalue weighted by molar-refractivity contribution is 5.93. The molecule has 8 heteroatoms. The van der Waals surface area contributed by atoms with Gasteiger partial charge in [0.1, 0.15) is 12.4 Å². The molecule has 0 radical (unpaired) electrons. The summed E-state index contributed by atoms with van der Waals surface area (Å²) in [5.74, 6) is -1.46. The zero-order valence-corrected chi connectivity index (χ0v) is 13.2. The fraction of sp³-hybridized carbons (Fsp3) is 0.118. The fourth-order valence-corrected chi connectivity index (χ4v) is 2.75. The molecule has 6 nitrogen and oxygen atoms in total. The Balaban J connectivity index is 1.56. The number of hydrogen-bond donors (Lipinski definition) is 2. The Kier molecular flexibility index (Phi) is 3.45. The number of imidazole rings is 2. The van der Waals surface area contributed by atoms with Gasteiger partial charge in [-0.2, -0.15) is 0 Å². The Bertz CT molecular complexity index is 1120. The van der Waals surface area contributed by atoms with Crippen molar-refractivity contribution in [2.45, 2.75) is 13.5 Å². The lowest BCUT2D eigenvalue weighted by atomic mass is 10.2. The van der Waals surface area contributed by atoms with Crippen molar-refractivity contribution < 1.29 is 13.6 Å². The Labute approximate surface area is 140 Å². The average molecular weight is 341 g/mol. The van der Waals surface area contributed by atoms with Crippen LogP contribution in [0.4, 0.5) is 14.5 Å². The normalized spacial score (nSPS) is 11.3. The SMILES string of the molecule is Cc1nc2ccc(NC(=O)Cn3cnc4cc(F)c(F)cc43)cc2[nH]1. The van der Waals surface area contributed by atoms with Gasteiger partial charge in [-0.1, -0.05) is 0 Å². The predicted molar refractivity (Wildman–Crippen MR) is 89.1 cm³/mol. The zero-order valence-electron chi connectivity index (χ0n) is 13.2. The van der Waals surface area contributed by atoms with Crippen LogP contribution in [0.15, 0.2) is 36.7 Å². The average Bonchev–Trinajstić information content (AvgIpc) is 3.10. The molecule has 4 rings (SSSR count). The first-order valence-corrected chi connectivity index (χ1v) is 7.56. The number of carbonyl (C=O) groups is 1. The van der Waals surface area contributed by atoms with E-state index in [0.717, 1.165) is 29.0 Å². The topological polar surface area (TPSA) is 75.6 Å². The number of nitrogens with zero attached hydrogens (tertiary/aromatic N) is 3. The van der Waals surface area contributed by atoms with E-state index in [9.17, 15) is 13.6 Å². The van der Waals surface area contributed by atoms with Gasteiger partial charge in [0.05, 0.1) is 28.4 Å². The second-order valence-corrected chi connectivity index (χ2v) is 5.73. The van der Waals surface area contributed by atoms with Gasteiger partial charge in [0.2, 0.25) is 5.91 Å². The largest absolute Gasteiger partial charge is 0.342 e. The van der Waals surface area contributed by atoms with E-state index < -0.39 is 11.6 Å². The van der Waals surface area contributed by atoms with Crippen LogP contribution < -0.4 is 5.32 Å². The van der Waals surface area contributed by atoms with E-state index in [1.54, 1.807) is 18.2 Å². The molecule has 0 atom stereocenters. The quantitative estimate of drug-likeness (QED) is 0.601. The van der Waals surface area contributed by atoms with Crippen molar-refractivity contribution in [2.75, 3.05) is 5.32 Å². The number of halogens is 2. The van der Waals surface area contributed by atoms with Crippen LogP contribution in [0.3, 0.4) is 0 Å². The van der Waals surface area contributed by atoms with Crippen LogP contribution in [0, 0.1) is 18.6 Å². The molecule has 2 aromatic carbocycles. The van der Waals surface area contributed by atoms with E-state index in [1.807, 2.05) is 6.92 Å². The minimum atomic E-state index is -0.977. The lowest BCUT2D eigenvalue weighted by Gasteiger charge is -2.07. The van der Waals surface area contributed by atoms with Gasteiger partial charge >= 0.3 is 0 Å². The van der Waals surface area contributed by atoms with Gasteiger partial charge in [-0.3, -0.25) is 4.79 Å². The molecule has 0 aliphatic heterocycles. The molecule has 1 amide bonds. The first kappa shape index (κ1) is 15.3. The molecule has 0 unspecified atom stereocenters. The van der Waals surface area contributed by atoms with Crippen molar-refractivity contribution in [3.63, 3.8) is 0 Å². The number of aryl methyl sites for hydroxylation is 1. The highest BCUT2D eigenvalue weighted by Crippen LogP contribution is 2.19. The second kappa shape index (κ2) is 5.66. The van der Waals surface area contributed by atoms with Crippen molar-refractivity contribution in [2.24, 2.45) is 0 Å². The molecular weight excluding hydrogens is 328 g/mol. The molecule has 0 saturated carbocycles. The van der Waals surface area contributed by atoms with E-state index in [1.165, 1.54) is 10.9 Å². The number of H-pyrrole nitrogens is 1. The third-order valence-electron chi connectivity index (χ3n) is 3.86. The van der Waals surface area contributed by atoms with Gasteiger partial charge in [0, 0.05) is 17.8 Å². The van der Waals surface area contributed by atoms with Crippen molar-refractivity contribution in [3.05, 3.63) is 54.1 Å². The molecule has 0 spiro atoms. The summed E-state index contributed by atoms with van der Waals surface area (Å²) in [5, 5.41) is 2.77. The third-order valence-corrected chi connectivity index (χ3v) is 3.86. The maximum Gasteiger partial charge on any atom is 0.244 e. The number of benzene rings is 2. The number of carbonyl (C=O) groups excluding carboxylic acids is 1. The molecule has 126 valence electrons. The molecule has 4 aromatic rings. The highest BCUT2D eigenvalue weighted by Gasteiger charge is 2.12. The summed E-state index contributed by atoms with van der Waals surface area (Å²) in [6.45, 7) is 1.78. The summed E-state index contributed by atoms with van der Waals surface area (Å²) < 4.78 is 28.1. The van der Waals surface area contributed by atoms with Crippen LogP contribution in [0.25, 0.3) is 22.1 Å². The standard InChI is InChI=1S/C17H13F2N5O/c1-9-21-13-3-2-10(4-14(13)22-9)23-17(25)7-24-8-20-15-5-11(18)12(19)6-16(15)24/h2-6,8H,7H2,1H3,(H,21,22)(H,23,25). The van der Waals surface area contributed by atoms with Crippen LogP contribution in [-0.4, -0.2) is 25.4 Å². The minimum absolute atomic E-state index is 0.0678. The van der Waals surface area contributed by atoms with Crippen LogP contribution in [-0.2, 0) is 11.3 Å². The Morgan fingerprint density at radius 2 is 2.00 bits per heavy atom. The number of rotatable bonds is 3. The van der Waals surface area contributed by atoms with E-state index in [4.69, 9.17) is 0 Å². The van der Waals surface area contributed by atoms with Crippen LogP contribution >= 0.6 is 0 Å². The van der Waals surface area contributed by atoms with Gasteiger partial charge in [-0.25, -0.2) is 18.7 Å². The predicted octanol–water partition coefficient (Wildman–Crippen LogP) is 3.14. The molecule has 0 aliphatic carbocycles. The summed E-state index contributed by atoms with van der Waals surface area (Å²) in [5.41, 5.74) is 2.90. The number of aromatic amines is 1. The van der Waals surface area contributed by atoms with Crippen LogP contribution in [0.1, 0.15) is 5.82 Å².